The zero-order valence-corrected chi connectivity index (χ0v) is 31.7. The van der Waals surface area contributed by atoms with Crippen molar-refractivity contribution in [2.45, 2.75) is 156 Å². The van der Waals surface area contributed by atoms with E-state index in [0.717, 1.165) is 64.2 Å². The summed E-state index contributed by atoms with van der Waals surface area (Å²) in [6.07, 6.45) is 15.8. The Morgan fingerprint density at radius 2 is 1.56 bits per heavy atom. The van der Waals surface area contributed by atoms with Gasteiger partial charge < -0.3 is 4.74 Å². The first kappa shape index (κ1) is 34.9. The van der Waals surface area contributed by atoms with Crippen molar-refractivity contribution in [1.82, 2.24) is 0 Å². The van der Waals surface area contributed by atoms with Gasteiger partial charge in [-0.25, -0.2) is 0 Å². The Labute approximate surface area is 300 Å². The lowest BCUT2D eigenvalue weighted by Crippen LogP contribution is -2.60. The van der Waals surface area contributed by atoms with Crippen LogP contribution in [0.25, 0.3) is 0 Å². The SMILES string of the molecule is CC(CCC(=O)O[C@]1(C)CC[C@@H]2[C@H]3CCC4=CC(=O)CC[C@@]4(C)[C@@H]3CC[C@]21C)C1CC[C@H]2[C@@H]3C(=O)C[C@@H]4CC(=O)CC[C@]4(C)[C@H]3CC(=O)[C@]12C. The second-order valence-electron chi connectivity index (χ2n) is 20.1. The number of ketones is 4. The molecule has 7 saturated carbocycles. The van der Waals surface area contributed by atoms with Crippen molar-refractivity contribution in [3.63, 3.8) is 0 Å². The Bertz CT molecular complexity index is 1540. The molecule has 0 saturated heterocycles. The molecule has 0 bridgehead atoms. The molecule has 6 nitrogen and oxygen atoms in total. The predicted octanol–water partition coefficient (Wildman–Crippen LogP) is 8.82. The number of Topliss-reactive ketones (excluding diaryl/α,β-unsaturated/α-hetero) is 3. The molecule has 6 heteroatoms. The van der Waals surface area contributed by atoms with E-state index in [4.69, 9.17) is 4.74 Å². The van der Waals surface area contributed by atoms with Crippen molar-refractivity contribution < 1.29 is 28.7 Å². The molecule has 8 aliphatic carbocycles. The van der Waals surface area contributed by atoms with Crippen LogP contribution in [0, 0.1) is 74.9 Å². The molecular weight excluding hydrogens is 624 g/mol. The van der Waals surface area contributed by atoms with Gasteiger partial charge in [0.1, 0.15) is 23.0 Å². The van der Waals surface area contributed by atoms with Gasteiger partial charge >= 0.3 is 5.97 Å². The average Bonchev–Trinajstić information content (AvgIpc) is 3.55. The van der Waals surface area contributed by atoms with Gasteiger partial charge in [-0.05, 0) is 142 Å². The number of carbonyl (C=O) groups is 5. The van der Waals surface area contributed by atoms with Crippen LogP contribution >= 0.6 is 0 Å². The standard InChI is InChI=1S/C44H62O6/c1-25(31-10-11-34-39-35(24-37(48)44(31,34)6)41(3)18-14-29(46)22-27(41)23-36(39)47)7-12-38(49)50-43(5)20-16-33-30-9-8-26-21-28(45)13-17-40(26,2)32(30)15-19-42(33,43)4/h21,25,27,30-35,39H,7-20,22-24H2,1-6H3/t25?,27-,30-,31?,32+,33+,34-,35-,39-,40+,41-,42+,43+,44+/m0/s1. The van der Waals surface area contributed by atoms with Crippen LogP contribution in [0.2, 0.25) is 0 Å². The number of carbonyl (C=O) groups excluding carboxylic acids is 5. The summed E-state index contributed by atoms with van der Waals surface area (Å²) in [5, 5.41) is 0. The molecule has 50 heavy (non-hydrogen) atoms. The van der Waals surface area contributed by atoms with E-state index in [1.807, 2.05) is 6.08 Å². The number of hydrogen-bond acceptors (Lipinski definition) is 6. The third kappa shape index (κ3) is 4.79. The quantitative estimate of drug-likeness (QED) is 0.268. The molecule has 7 fully saturated rings. The summed E-state index contributed by atoms with van der Waals surface area (Å²) in [6, 6.07) is 0. The van der Waals surface area contributed by atoms with Crippen LogP contribution in [0.15, 0.2) is 11.6 Å². The Kier molecular flexibility index (Phi) is 8.17. The third-order valence-corrected chi connectivity index (χ3v) is 18.5. The summed E-state index contributed by atoms with van der Waals surface area (Å²) >= 11 is 0. The molecule has 8 aliphatic rings. The van der Waals surface area contributed by atoms with Crippen molar-refractivity contribution in [3.8, 4) is 0 Å². The largest absolute Gasteiger partial charge is 0.459 e. The topological polar surface area (TPSA) is 94.6 Å². The van der Waals surface area contributed by atoms with Gasteiger partial charge in [0.2, 0.25) is 0 Å². The minimum absolute atomic E-state index is 0.0392. The number of hydrogen-bond donors (Lipinski definition) is 0. The second-order valence-corrected chi connectivity index (χ2v) is 20.1. The van der Waals surface area contributed by atoms with E-state index in [0.29, 0.717) is 80.0 Å². The molecular formula is C44H62O6. The van der Waals surface area contributed by atoms with Gasteiger partial charge in [0.05, 0.1) is 0 Å². The van der Waals surface area contributed by atoms with Gasteiger partial charge in [-0.1, -0.05) is 40.2 Å². The molecule has 0 N–H and O–H groups in total. The zero-order chi connectivity index (χ0) is 35.6. The Hall–Kier alpha value is -2.11. The van der Waals surface area contributed by atoms with E-state index in [-0.39, 0.29) is 63.5 Å². The number of allylic oxidation sites excluding steroid dienone is 1. The normalized spacial score (nSPS) is 50.2. The van der Waals surface area contributed by atoms with Gasteiger partial charge in [0.25, 0.3) is 0 Å². The lowest BCUT2D eigenvalue weighted by Gasteiger charge is -2.59. The summed E-state index contributed by atoms with van der Waals surface area (Å²) in [5.41, 5.74) is 0.395. The van der Waals surface area contributed by atoms with Crippen LogP contribution in [0.5, 0.6) is 0 Å². The first-order valence-corrected chi connectivity index (χ1v) is 20.6. The van der Waals surface area contributed by atoms with Crippen molar-refractivity contribution in [3.05, 3.63) is 11.6 Å². The number of ether oxygens (including phenoxy) is 1. The Balaban J connectivity index is 0.919. The third-order valence-electron chi connectivity index (χ3n) is 18.5. The molecule has 0 aromatic rings. The van der Waals surface area contributed by atoms with Gasteiger partial charge in [-0.15, -0.1) is 0 Å². The smallest absolute Gasteiger partial charge is 0.306 e. The summed E-state index contributed by atoms with van der Waals surface area (Å²) in [7, 11) is 0. The summed E-state index contributed by atoms with van der Waals surface area (Å²) in [4.78, 5) is 66.4. The van der Waals surface area contributed by atoms with E-state index < -0.39 is 11.0 Å². The Morgan fingerprint density at radius 3 is 2.34 bits per heavy atom. The fourth-order valence-electron chi connectivity index (χ4n) is 15.2. The van der Waals surface area contributed by atoms with Gasteiger partial charge in [-0.3, -0.25) is 24.0 Å². The zero-order valence-electron chi connectivity index (χ0n) is 31.7. The highest BCUT2D eigenvalue weighted by atomic mass is 16.6. The molecule has 0 aliphatic heterocycles. The Morgan fingerprint density at radius 1 is 0.800 bits per heavy atom. The van der Waals surface area contributed by atoms with Crippen LogP contribution in [0.1, 0.15) is 151 Å². The van der Waals surface area contributed by atoms with E-state index in [2.05, 4.69) is 41.5 Å². The fraction of sp³-hybridized carbons (Fsp3) is 0.841. The highest BCUT2D eigenvalue weighted by Crippen LogP contribution is 2.69. The van der Waals surface area contributed by atoms with E-state index in [1.54, 1.807) is 0 Å². The molecule has 0 aromatic carbocycles. The lowest BCUT2D eigenvalue weighted by atomic mass is 9.44. The minimum atomic E-state index is -0.526. The molecule has 274 valence electrons. The highest BCUT2D eigenvalue weighted by molar-refractivity contribution is 5.93. The van der Waals surface area contributed by atoms with E-state index in [9.17, 15) is 24.0 Å². The highest BCUT2D eigenvalue weighted by Gasteiger charge is 2.67. The predicted molar refractivity (Wildman–Crippen MR) is 191 cm³/mol. The molecule has 8 rings (SSSR count). The maximum atomic E-state index is 14.3. The van der Waals surface area contributed by atoms with Crippen LogP contribution in [-0.4, -0.2) is 34.7 Å². The minimum Gasteiger partial charge on any atom is -0.459 e. The van der Waals surface area contributed by atoms with Gasteiger partial charge in [-0.2, -0.15) is 0 Å². The molecule has 0 spiro atoms. The van der Waals surface area contributed by atoms with Crippen LogP contribution in [0.3, 0.4) is 0 Å². The van der Waals surface area contributed by atoms with Crippen LogP contribution < -0.4 is 0 Å². The number of fused-ring (bicyclic) bond motifs is 10. The molecule has 0 amide bonds. The van der Waals surface area contributed by atoms with E-state index in [1.165, 1.54) is 5.57 Å². The summed E-state index contributed by atoms with van der Waals surface area (Å²) in [6.45, 7) is 13.7. The molecule has 0 aromatic heterocycles. The average molecular weight is 687 g/mol. The number of esters is 1. The maximum Gasteiger partial charge on any atom is 0.306 e. The van der Waals surface area contributed by atoms with Gasteiger partial charge in [0.15, 0.2) is 5.78 Å². The van der Waals surface area contributed by atoms with Crippen molar-refractivity contribution in [2.75, 3.05) is 0 Å². The first-order chi connectivity index (χ1) is 23.5. The number of rotatable bonds is 5. The summed E-state index contributed by atoms with van der Waals surface area (Å²) in [5.74, 6) is 3.38. The molecule has 14 atom stereocenters. The van der Waals surface area contributed by atoms with Crippen LogP contribution in [0.4, 0.5) is 0 Å². The van der Waals surface area contributed by atoms with Crippen molar-refractivity contribution in [1.29, 1.82) is 0 Å². The molecule has 0 heterocycles. The van der Waals surface area contributed by atoms with E-state index >= 15 is 0 Å². The summed E-state index contributed by atoms with van der Waals surface area (Å²) < 4.78 is 6.59. The van der Waals surface area contributed by atoms with Crippen molar-refractivity contribution >= 4 is 29.1 Å². The lowest BCUT2D eigenvalue weighted by molar-refractivity contribution is -0.180. The second kappa shape index (κ2) is 11.7. The maximum absolute atomic E-state index is 14.3. The van der Waals surface area contributed by atoms with Crippen molar-refractivity contribution in [2.24, 2.45) is 74.9 Å². The fourth-order valence-corrected chi connectivity index (χ4v) is 15.2. The molecule has 2 unspecified atom stereocenters. The van der Waals surface area contributed by atoms with Crippen LogP contribution in [-0.2, 0) is 28.7 Å². The molecule has 0 radical (unpaired) electrons. The monoisotopic (exact) mass is 686 g/mol. The van der Waals surface area contributed by atoms with Gasteiger partial charge in [0, 0.05) is 55.3 Å². The first-order valence-electron chi connectivity index (χ1n) is 20.6.